The minimum absolute atomic E-state index is 0.722. The molecule has 1 aromatic rings. The summed E-state index contributed by atoms with van der Waals surface area (Å²) in [6.07, 6.45) is 0. The van der Waals surface area contributed by atoms with Gasteiger partial charge >= 0.3 is 0 Å². The number of aryl methyl sites for hydroxylation is 2. The van der Waals surface area contributed by atoms with Gasteiger partial charge < -0.3 is 4.74 Å². The molecule has 0 aromatic heterocycles. The Morgan fingerprint density at radius 1 is 1.08 bits per heavy atom. The van der Waals surface area contributed by atoms with Gasteiger partial charge in [-0.05, 0) is 43.0 Å². The number of methoxy groups -OCH3 is 1. The van der Waals surface area contributed by atoms with E-state index in [0.29, 0.717) is 0 Å². The van der Waals surface area contributed by atoms with Crippen molar-refractivity contribution in [1.29, 1.82) is 0 Å². The highest BCUT2D eigenvalue weighted by atomic mass is 16.5. The summed E-state index contributed by atoms with van der Waals surface area (Å²) in [7, 11) is 1.74. The lowest BCUT2D eigenvalue weighted by Crippen LogP contribution is -1.97. The van der Waals surface area contributed by atoms with Crippen molar-refractivity contribution in [2.24, 2.45) is 0 Å². The van der Waals surface area contributed by atoms with Gasteiger partial charge in [-0.1, -0.05) is 12.1 Å². The molecule has 1 aromatic carbocycles. The van der Waals surface area contributed by atoms with Crippen LogP contribution in [0, 0.1) is 20.8 Å². The van der Waals surface area contributed by atoms with Crippen molar-refractivity contribution in [3.05, 3.63) is 34.4 Å². The van der Waals surface area contributed by atoms with Crippen LogP contribution in [-0.4, -0.2) is 7.11 Å². The molecule has 0 unspecified atom stereocenters. The number of hydrogen-bond acceptors (Lipinski definition) is 1. The summed E-state index contributed by atoms with van der Waals surface area (Å²) in [6.45, 7) is 7.13. The number of rotatable bonds is 2. The quantitative estimate of drug-likeness (QED) is 0.653. The van der Waals surface area contributed by atoms with Gasteiger partial charge in [0.05, 0.1) is 6.61 Å². The Labute approximate surface area is 74.4 Å². The molecule has 0 spiro atoms. The molecule has 1 nitrogen and oxygen atoms in total. The van der Waals surface area contributed by atoms with Gasteiger partial charge in [-0.25, -0.2) is 0 Å². The first-order valence-corrected chi connectivity index (χ1v) is 4.21. The first kappa shape index (κ1) is 9.27. The molecule has 0 saturated heterocycles. The van der Waals surface area contributed by atoms with E-state index in [0.717, 1.165) is 6.61 Å². The van der Waals surface area contributed by atoms with E-state index in [4.69, 9.17) is 4.74 Å². The molecule has 0 N–H and O–H groups in total. The molecule has 0 radical (unpaired) electrons. The second-order valence-electron chi connectivity index (χ2n) is 3.24. The minimum atomic E-state index is 0.722. The molecule has 1 rings (SSSR count). The zero-order valence-electron chi connectivity index (χ0n) is 8.27. The standard InChI is InChI=1S/C11H16O/c1-8-5-6-9(2)11(7-12-4)10(8)3/h5-6H,7H2,1-4H3. The predicted molar refractivity (Wildman–Crippen MR) is 51.4 cm³/mol. The van der Waals surface area contributed by atoms with Gasteiger partial charge in [-0.3, -0.25) is 0 Å². The van der Waals surface area contributed by atoms with Crippen molar-refractivity contribution in [3.8, 4) is 0 Å². The van der Waals surface area contributed by atoms with Gasteiger partial charge in [0.1, 0.15) is 0 Å². The largest absolute Gasteiger partial charge is 0.380 e. The van der Waals surface area contributed by atoms with Gasteiger partial charge in [0.25, 0.3) is 0 Å². The summed E-state index contributed by atoms with van der Waals surface area (Å²) in [4.78, 5) is 0. The van der Waals surface area contributed by atoms with Gasteiger partial charge in [0.15, 0.2) is 0 Å². The van der Waals surface area contributed by atoms with Crippen LogP contribution >= 0.6 is 0 Å². The third-order valence-corrected chi connectivity index (χ3v) is 2.39. The van der Waals surface area contributed by atoms with E-state index < -0.39 is 0 Å². The smallest absolute Gasteiger partial charge is 0.0718 e. The molecular weight excluding hydrogens is 148 g/mol. The third-order valence-electron chi connectivity index (χ3n) is 2.39. The molecule has 0 heterocycles. The lowest BCUT2D eigenvalue weighted by molar-refractivity contribution is 0.184. The third kappa shape index (κ3) is 1.67. The molecule has 0 fully saturated rings. The molecule has 0 saturated carbocycles. The van der Waals surface area contributed by atoms with Gasteiger partial charge in [-0.2, -0.15) is 0 Å². The first-order valence-electron chi connectivity index (χ1n) is 4.21. The minimum Gasteiger partial charge on any atom is -0.380 e. The monoisotopic (exact) mass is 164 g/mol. The van der Waals surface area contributed by atoms with Crippen molar-refractivity contribution >= 4 is 0 Å². The molecule has 1 heteroatoms. The second-order valence-corrected chi connectivity index (χ2v) is 3.24. The Bertz CT molecular complexity index is 277. The van der Waals surface area contributed by atoms with Crippen molar-refractivity contribution in [2.75, 3.05) is 7.11 Å². The van der Waals surface area contributed by atoms with Crippen LogP contribution in [0.25, 0.3) is 0 Å². The lowest BCUT2D eigenvalue weighted by Gasteiger charge is -2.10. The van der Waals surface area contributed by atoms with Crippen LogP contribution in [-0.2, 0) is 11.3 Å². The van der Waals surface area contributed by atoms with Crippen LogP contribution in [0.2, 0.25) is 0 Å². The molecule has 0 aliphatic carbocycles. The van der Waals surface area contributed by atoms with Crippen LogP contribution in [0.4, 0.5) is 0 Å². The van der Waals surface area contributed by atoms with E-state index in [1.807, 2.05) is 0 Å². The Balaban J connectivity index is 3.14. The van der Waals surface area contributed by atoms with Crippen molar-refractivity contribution in [1.82, 2.24) is 0 Å². The molecular formula is C11H16O. The fourth-order valence-corrected chi connectivity index (χ4v) is 1.38. The second kappa shape index (κ2) is 3.72. The van der Waals surface area contributed by atoms with Crippen LogP contribution in [0.3, 0.4) is 0 Å². The van der Waals surface area contributed by atoms with E-state index >= 15 is 0 Å². The maximum Gasteiger partial charge on any atom is 0.0718 e. The lowest BCUT2D eigenvalue weighted by atomic mass is 9.99. The van der Waals surface area contributed by atoms with E-state index in [9.17, 15) is 0 Å². The van der Waals surface area contributed by atoms with Gasteiger partial charge in [-0.15, -0.1) is 0 Å². The summed E-state index contributed by atoms with van der Waals surface area (Å²) in [5.41, 5.74) is 5.35. The summed E-state index contributed by atoms with van der Waals surface area (Å²) in [6, 6.07) is 4.31. The highest BCUT2D eigenvalue weighted by molar-refractivity contribution is 5.38. The molecule has 0 atom stereocenters. The Morgan fingerprint density at radius 3 is 2.25 bits per heavy atom. The molecule has 0 amide bonds. The number of benzene rings is 1. The molecule has 0 bridgehead atoms. The molecule has 0 aliphatic heterocycles. The van der Waals surface area contributed by atoms with Crippen LogP contribution < -0.4 is 0 Å². The van der Waals surface area contributed by atoms with Gasteiger partial charge in [0.2, 0.25) is 0 Å². The number of hydrogen-bond donors (Lipinski definition) is 0. The summed E-state index contributed by atoms with van der Waals surface area (Å²) in [5.74, 6) is 0. The Hall–Kier alpha value is -0.820. The first-order chi connectivity index (χ1) is 5.66. The zero-order chi connectivity index (χ0) is 9.14. The molecule has 0 aliphatic rings. The van der Waals surface area contributed by atoms with Crippen molar-refractivity contribution in [2.45, 2.75) is 27.4 Å². The SMILES string of the molecule is COCc1c(C)ccc(C)c1C. The Morgan fingerprint density at radius 2 is 1.67 bits per heavy atom. The van der Waals surface area contributed by atoms with E-state index in [-0.39, 0.29) is 0 Å². The van der Waals surface area contributed by atoms with Crippen molar-refractivity contribution < 1.29 is 4.74 Å². The van der Waals surface area contributed by atoms with Gasteiger partial charge in [0, 0.05) is 7.11 Å². The maximum atomic E-state index is 5.14. The summed E-state index contributed by atoms with van der Waals surface area (Å²) < 4.78 is 5.14. The van der Waals surface area contributed by atoms with Crippen LogP contribution in [0.5, 0.6) is 0 Å². The van der Waals surface area contributed by atoms with E-state index in [2.05, 4.69) is 32.9 Å². The van der Waals surface area contributed by atoms with E-state index in [1.54, 1.807) is 7.11 Å². The molecule has 66 valence electrons. The zero-order valence-corrected chi connectivity index (χ0v) is 8.27. The maximum absolute atomic E-state index is 5.14. The van der Waals surface area contributed by atoms with Crippen LogP contribution in [0.1, 0.15) is 22.3 Å². The molecule has 12 heavy (non-hydrogen) atoms. The fourth-order valence-electron chi connectivity index (χ4n) is 1.38. The average molecular weight is 164 g/mol. The Kier molecular flexibility index (Phi) is 2.88. The summed E-state index contributed by atoms with van der Waals surface area (Å²) >= 11 is 0. The summed E-state index contributed by atoms with van der Waals surface area (Å²) in [5, 5.41) is 0. The highest BCUT2D eigenvalue weighted by Gasteiger charge is 2.03. The van der Waals surface area contributed by atoms with E-state index in [1.165, 1.54) is 22.3 Å². The van der Waals surface area contributed by atoms with Crippen LogP contribution in [0.15, 0.2) is 12.1 Å². The average Bonchev–Trinajstić information content (AvgIpc) is 2.06. The highest BCUT2D eigenvalue weighted by Crippen LogP contribution is 2.17. The fraction of sp³-hybridized carbons (Fsp3) is 0.455. The van der Waals surface area contributed by atoms with Crippen molar-refractivity contribution in [3.63, 3.8) is 0 Å². The number of ether oxygens (including phenoxy) is 1. The predicted octanol–water partition coefficient (Wildman–Crippen LogP) is 2.76. The normalized spacial score (nSPS) is 10.3. The topological polar surface area (TPSA) is 9.23 Å².